The van der Waals surface area contributed by atoms with Crippen LogP contribution in [0.2, 0.25) is 0 Å². The van der Waals surface area contributed by atoms with Gasteiger partial charge in [-0.25, -0.2) is 9.13 Å². The minimum absolute atomic E-state index is 0.107. The summed E-state index contributed by atoms with van der Waals surface area (Å²) in [6.07, 6.45) is 55.6. The van der Waals surface area contributed by atoms with E-state index in [1.807, 2.05) is 0 Å². The van der Waals surface area contributed by atoms with Crippen LogP contribution in [-0.4, -0.2) is 96.7 Å². The van der Waals surface area contributed by atoms with Gasteiger partial charge in [0.05, 0.1) is 26.4 Å². The van der Waals surface area contributed by atoms with Gasteiger partial charge in [0.2, 0.25) is 0 Å². The first-order valence-electron chi connectivity index (χ1n) is 38.6. The van der Waals surface area contributed by atoms with E-state index in [1.54, 1.807) is 0 Å². The van der Waals surface area contributed by atoms with Gasteiger partial charge in [0.15, 0.2) is 12.2 Å². The van der Waals surface area contributed by atoms with Crippen molar-refractivity contribution in [1.29, 1.82) is 0 Å². The summed E-state index contributed by atoms with van der Waals surface area (Å²) in [6.45, 7) is 7.20. The lowest BCUT2D eigenvalue weighted by molar-refractivity contribution is -0.161. The summed E-state index contributed by atoms with van der Waals surface area (Å²) in [5, 5.41) is 10.6. The molecule has 0 rings (SSSR count). The highest BCUT2D eigenvalue weighted by Gasteiger charge is 2.30. The first kappa shape index (κ1) is 91.1. The number of ether oxygens (including phenoxy) is 4. The number of carbonyl (C=O) groups is 4. The van der Waals surface area contributed by atoms with Crippen molar-refractivity contribution < 1.29 is 80.2 Å². The zero-order chi connectivity index (χ0) is 68.4. The van der Waals surface area contributed by atoms with Gasteiger partial charge >= 0.3 is 39.5 Å². The molecule has 0 fully saturated rings. The number of rotatable bonds is 74. The molecule has 5 atom stereocenters. The molecule has 0 aromatic heterocycles. The molecule has 0 saturated carbocycles. The van der Waals surface area contributed by atoms with Crippen LogP contribution in [-0.2, 0) is 65.4 Å². The van der Waals surface area contributed by atoms with Crippen molar-refractivity contribution >= 4 is 39.5 Å². The molecule has 3 N–H and O–H groups in total. The molecule has 0 radical (unpaired) electrons. The van der Waals surface area contributed by atoms with Crippen LogP contribution in [0.5, 0.6) is 0 Å². The molecule has 0 aromatic rings. The Morgan fingerprint density at radius 2 is 0.495 bits per heavy atom. The monoisotopic (exact) mass is 1370 g/mol. The molecule has 0 aliphatic rings. The Labute approximate surface area is 568 Å². The van der Waals surface area contributed by atoms with E-state index in [-0.39, 0.29) is 25.7 Å². The van der Waals surface area contributed by atoms with Crippen LogP contribution in [0.3, 0.4) is 0 Å². The molecule has 552 valence electrons. The SMILES string of the molecule is CCCCCCCCCCCCCCCCCCCCC(=O)O[C@H](COC(=O)CCCCCCCCCCCCCCCC)COP(=O)(O)OC[C@@H](O)COP(=O)(O)OC[C@@H](COC(=O)CCCCCCCCC(C)C)OC(=O)CCCCCCCCCCCCCC. The van der Waals surface area contributed by atoms with Crippen molar-refractivity contribution in [2.75, 3.05) is 39.6 Å². The Morgan fingerprint density at radius 3 is 0.731 bits per heavy atom. The van der Waals surface area contributed by atoms with Crippen LogP contribution in [0.15, 0.2) is 0 Å². The van der Waals surface area contributed by atoms with Gasteiger partial charge in [-0.3, -0.25) is 37.3 Å². The second kappa shape index (κ2) is 67.3. The molecule has 0 spiro atoms. The fourth-order valence-corrected chi connectivity index (χ4v) is 12.9. The lowest BCUT2D eigenvalue weighted by Gasteiger charge is -2.21. The van der Waals surface area contributed by atoms with Gasteiger partial charge in [-0.15, -0.1) is 0 Å². The van der Waals surface area contributed by atoms with E-state index in [2.05, 4.69) is 34.6 Å². The van der Waals surface area contributed by atoms with Crippen LogP contribution < -0.4 is 0 Å². The van der Waals surface area contributed by atoms with E-state index in [0.717, 1.165) is 96.3 Å². The average Bonchev–Trinajstić information content (AvgIpc) is 1.79. The maximum atomic E-state index is 13.1. The van der Waals surface area contributed by atoms with E-state index >= 15 is 0 Å². The number of hydrogen-bond acceptors (Lipinski definition) is 15. The van der Waals surface area contributed by atoms with E-state index in [0.29, 0.717) is 31.6 Å². The number of carbonyl (C=O) groups excluding carboxylic acids is 4. The zero-order valence-corrected chi connectivity index (χ0v) is 62.2. The number of aliphatic hydroxyl groups is 1. The Kier molecular flexibility index (Phi) is 65.9. The minimum Gasteiger partial charge on any atom is -0.462 e. The number of hydrogen-bond donors (Lipinski definition) is 3. The van der Waals surface area contributed by atoms with Gasteiger partial charge in [-0.05, 0) is 31.6 Å². The lowest BCUT2D eigenvalue weighted by Crippen LogP contribution is -2.30. The zero-order valence-electron chi connectivity index (χ0n) is 60.4. The molecule has 0 aliphatic carbocycles. The normalized spacial score (nSPS) is 14.0. The number of phosphoric acid groups is 2. The first-order chi connectivity index (χ1) is 45.0. The van der Waals surface area contributed by atoms with Gasteiger partial charge in [0.25, 0.3) is 0 Å². The third-order valence-electron chi connectivity index (χ3n) is 17.3. The Hall–Kier alpha value is -1.94. The van der Waals surface area contributed by atoms with Crippen LogP contribution in [0.1, 0.15) is 388 Å². The summed E-state index contributed by atoms with van der Waals surface area (Å²) in [6, 6.07) is 0. The molecule has 0 heterocycles. The predicted octanol–water partition coefficient (Wildman–Crippen LogP) is 21.7. The maximum Gasteiger partial charge on any atom is 0.472 e. The lowest BCUT2D eigenvalue weighted by atomic mass is 10.0. The topological polar surface area (TPSA) is 237 Å². The molecule has 2 unspecified atom stereocenters. The standard InChI is InChI=1S/C74H144O17P2/c1-6-9-12-15-18-21-24-27-29-30-31-32-34-37-40-43-50-55-60-74(79)90-69(63-84-71(76)57-52-47-41-38-36-33-28-25-22-19-16-13-10-7-2)65-88-92(80,81)86-61-68(75)62-87-93(82,83)89-66-70(64-85-72(77)58-53-48-45-44-46-51-56-67(4)5)91-73(78)59-54-49-42-39-35-26-23-20-17-14-11-8-3/h67-70,75H,6-66H2,1-5H3,(H,80,81)(H,82,83)/t68-,69-,70-/m1/s1. The van der Waals surface area contributed by atoms with Gasteiger partial charge < -0.3 is 33.8 Å². The average molecular weight is 1370 g/mol. The van der Waals surface area contributed by atoms with Gasteiger partial charge in [0, 0.05) is 25.7 Å². The fraction of sp³-hybridized carbons (Fsp3) is 0.946. The molecule has 17 nitrogen and oxygen atoms in total. The van der Waals surface area contributed by atoms with E-state index in [4.69, 9.17) is 37.0 Å². The number of unbranched alkanes of at least 4 members (excludes halogenated alkanes) is 46. The maximum absolute atomic E-state index is 13.1. The molecular formula is C74H144O17P2. The number of phosphoric ester groups is 2. The summed E-state index contributed by atoms with van der Waals surface area (Å²) >= 11 is 0. The number of esters is 4. The van der Waals surface area contributed by atoms with Gasteiger partial charge in [0.1, 0.15) is 19.3 Å². The summed E-state index contributed by atoms with van der Waals surface area (Å²) in [5.74, 6) is -1.44. The molecule has 0 saturated heterocycles. The fourth-order valence-electron chi connectivity index (χ4n) is 11.4. The van der Waals surface area contributed by atoms with Crippen LogP contribution >= 0.6 is 15.6 Å². The summed E-state index contributed by atoms with van der Waals surface area (Å²) < 4.78 is 68.4. The van der Waals surface area contributed by atoms with Crippen molar-refractivity contribution in [2.45, 2.75) is 406 Å². The highest BCUT2D eigenvalue weighted by atomic mass is 31.2. The number of aliphatic hydroxyl groups excluding tert-OH is 1. The van der Waals surface area contributed by atoms with E-state index < -0.39 is 97.5 Å². The Balaban J connectivity index is 5.22. The Bertz CT molecular complexity index is 1790. The molecule has 93 heavy (non-hydrogen) atoms. The second-order valence-electron chi connectivity index (χ2n) is 27.2. The molecule has 0 aromatic carbocycles. The predicted molar refractivity (Wildman–Crippen MR) is 377 cm³/mol. The first-order valence-corrected chi connectivity index (χ1v) is 41.6. The highest BCUT2D eigenvalue weighted by Crippen LogP contribution is 2.45. The third kappa shape index (κ3) is 68.4. The van der Waals surface area contributed by atoms with Crippen LogP contribution in [0, 0.1) is 5.92 Å². The molecule has 0 aliphatic heterocycles. The quantitative estimate of drug-likeness (QED) is 0.0222. The molecule has 0 bridgehead atoms. The second-order valence-corrected chi connectivity index (χ2v) is 30.1. The smallest absolute Gasteiger partial charge is 0.462 e. The highest BCUT2D eigenvalue weighted by molar-refractivity contribution is 7.47. The minimum atomic E-state index is -4.95. The van der Waals surface area contributed by atoms with Gasteiger partial charge in [-0.2, -0.15) is 0 Å². The van der Waals surface area contributed by atoms with Crippen molar-refractivity contribution in [3.63, 3.8) is 0 Å². The Morgan fingerprint density at radius 1 is 0.290 bits per heavy atom. The van der Waals surface area contributed by atoms with Crippen molar-refractivity contribution in [1.82, 2.24) is 0 Å². The third-order valence-corrected chi connectivity index (χ3v) is 19.2. The van der Waals surface area contributed by atoms with Crippen LogP contribution in [0.4, 0.5) is 0 Å². The molecule has 0 amide bonds. The van der Waals surface area contributed by atoms with Crippen molar-refractivity contribution in [2.24, 2.45) is 5.92 Å². The summed E-state index contributed by atoms with van der Waals surface area (Å²) in [4.78, 5) is 72.7. The van der Waals surface area contributed by atoms with E-state index in [1.165, 1.54) is 205 Å². The molecule has 19 heteroatoms. The van der Waals surface area contributed by atoms with Crippen molar-refractivity contribution in [3.05, 3.63) is 0 Å². The molecular weight excluding hydrogens is 1220 g/mol. The summed E-state index contributed by atoms with van der Waals surface area (Å²) in [7, 11) is -9.90. The van der Waals surface area contributed by atoms with Gasteiger partial charge in [-0.1, -0.05) is 336 Å². The largest absolute Gasteiger partial charge is 0.472 e. The van der Waals surface area contributed by atoms with Crippen molar-refractivity contribution in [3.8, 4) is 0 Å². The summed E-state index contributed by atoms with van der Waals surface area (Å²) in [5.41, 5.74) is 0. The van der Waals surface area contributed by atoms with Crippen LogP contribution in [0.25, 0.3) is 0 Å². The van der Waals surface area contributed by atoms with E-state index in [9.17, 15) is 43.2 Å².